The van der Waals surface area contributed by atoms with Crippen molar-refractivity contribution in [1.29, 1.82) is 0 Å². The van der Waals surface area contributed by atoms with E-state index < -0.39 is 12.1 Å². The van der Waals surface area contributed by atoms with Gasteiger partial charge in [0.2, 0.25) is 5.91 Å². The Labute approximate surface area is 198 Å². The maximum absolute atomic E-state index is 14.3. The Bertz CT molecular complexity index is 966. The average molecular weight is 472 g/mol. The predicted octanol–water partition coefficient (Wildman–Crippen LogP) is 4.54. The van der Waals surface area contributed by atoms with Crippen molar-refractivity contribution in [2.24, 2.45) is 0 Å². The monoisotopic (exact) mass is 471 g/mol. The van der Waals surface area contributed by atoms with Crippen LogP contribution in [0.15, 0.2) is 60.7 Å². The third-order valence-corrected chi connectivity index (χ3v) is 6.69. The zero-order valence-corrected chi connectivity index (χ0v) is 19.3. The third-order valence-electron chi connectivity index (χ3n) is 5.65. The number of benzene rings is 2. The number of halogens is 1. The van der Waals surface area contributed by atoms with Crippen molar-refractivity contribution in [1.82, 2.24) is 4.90 Å². The summed E-state index contributed by atoms with van der Waals surface area (Å²) in [7, 11) is 0. The summed E-state index contributed by atoms with van der Waals surface area (Å²) in [6.45, 7) is 0.611. The topological polar surface area (TPSA) is 77.8 Å². The molecule has 2 aromatic rings. The van der Waals surface area contributed by atoms with Crippen molar-refractivity contribution in [3.8, 4) is 11.1 Å². The second-order valence-corrected chi connectivity index (χ2v) is 9.36. The van der Waals surface area contributed by atoms with E-state index in [2.05, 4.69) is 0 Å². The molecule has 0 spiro atoms. The number of aliphatic hydroxyl groups is 1. The number of carbonyl (C=O) groups excluding carboxylic acids is 1. The molecule has 2 N–H and O–H groups in total. The molecule has 5 nitrogen and oxygen atoms in total. The van der Waals surface area contributed by atoms with Gasteiger partial charge in [0.15, 0.2) is 0 Å². The largest absolute Gasteiger partial charge is 0.481 e. The minimum Gasteiger partial charge on any atom is -0.481 e. The molecule has 0 aliphatic carbocycles. The highest BCUT2D eigenvalue weighted by Gasteiger charge is 2.28. The highest BCUT2D eigenvalue weighted by atomic mass is 32.2. The second-order valence-electron chi connectivity index (χ2n) is 8.14. The Morgan fingerprint density at radius 3 is 2.76 bits per heavy atom. The van der Waals surface area contributed by atoms with Crippen molar-refractivity contribution >= 4 is 23.6 Å². The molecular weight excluding hydrogens is 441 g/mol. The van der Waals surface area contributed by atoms with Crippen molar-refractivity contribution in [2.45, 2.75) is 44.2 Å². The van der Waals surface area contributed by atoms with Gasteiger partial charge in [-0.25, -0.2) is 4.39 Å². The van der Waals surface area contributed by atoms with E-state index in [0.29, 0.717) is 31.4 Å². The molecular formula is C26H30FNO4S. The maximum Gasteiger partial charge on any atom is 0.303 e. The molecule has 2 atom stereocenters. The van der Waals surface area contributed by atoms with Crippen molar-refractivity contribution in [2.75, 3.05) is 18.1 Å². The van der Waals surface area contributed by atoms with Crippen molar-refractivity contribution < 1.29 is 24.2 Å². The first-order valence-electron chi connectivity index (χ1n) is 11.2. The van der Waals surface area contributed by atoms with E-state index in [4.69, 9.17) is 5.11 Å². The van der Waals surface area contributed by atoms with Crippen LogP contribution in [0.25, 0.3) is 11.1 Å². The molecule has 33 heavy (non-hydrogen) atoms. The molecule has 1 aliphatic rings. The molecule has 2 aromatic carbocycles. The molecule has 0 aromatic heterocycles. The van der Waals surface area contributed by atoms with Gasteiger partial charge < -0.3 is 15.1 Å². The first-order chi connectivity index (χ1) is 15.9. The molecule has 176 valence electrons. The number of rotatable bonds is 12. The SMILES string of the molecule is O=C(O)CCCSCCN1C(=O)CC[C@@H]1/C=C/[C@@H](O)Cc1ccc(F)c(-c2ccccc2)c1. The lowest BCUT2D eigenvalue weighted by Gasteiger charge is -2.22. The summed E-state index contributed by atoms with van der Waals surface area (Å²) in [6.07, 6.45) is 5.25. The molecule has 0 unspecified atom stereocenters. The molecule has 7 heteroatoms. The summed E-state index contributed by atoms with van der Waals surface area (Å²) in [5.74, 6) is 0.546. The highest BCUT2D eigenvalue weighted by molar-refractivity contribution is 7.99. The Morgan fingerprint density at radius 1 is 1.21 bits per heavy atom. The van der Waals surface area contributed by atoms with Crippen LogP contribution in [0.1, 0.15) is 31.2 Å². The van der Waals surface area contributed by atoms with Crippen LogP contribution >= 0.6 is 11.8 Å². The first-order valence-corrected chi connectivity index (χ1v) is 12.4. The lowest BCUT2D eigenvalue weighted by molar-refractivity contribution is -0.137. The Hall–Kier alpha value is -2.64. The van der Waals surface area contributed by atoms with Gasteiger partial charge in [-0.2, -0.15) is 11.8 Å². The molecule has 0 radical (unpaired) electrons. The number of aliphatic hydroxyl groups excluding tert-OH is 1. The smallest absolute Gasteiger partial charge is 0.303 e. The van der Waals surface area contributed by atoms with Gasteiger partial charge in [-0.05, 0) is 41.9 Å². The molecule has 0 saturated carbocycles. The highest BCUT2D eigenvalue weighted by Crippen LogP contribution is 2.25. The van der Waals surface area contributed by atoms with Crippen LogP contribution < -0.4 is 0 Å². The van der Waals surface area contributed by atoms with E-state index in [1.165, 1.54) is 6.07 Å². The first kappa shape index (κ1) is 25.0. The van der Waals surface area contributed by atoms with Crippen molar-refractivity contribution in [3.63, 3.8) is 0 Å². The lowest BCUT2D eigenvalue weighted by atomic mass is 9.99. The van der Waals surface area contributed by atoms with Crippen LogP contribution in [0.3, 0.4) is 0 Å². The van der Waals surface area contributed by atoms with E-state index >= 15 is 0 Å². The molecule has 1 saturated heterocycles. The zero-order valence-electron chi connectivity index (χ0n) is 18.5. The van der Waals surface area contributed by atoms with Gasteiger partial charge in [0.25, 0.3) is 0 Å². The Balaban J connectivity index is 1.52. The summed E-state index contributed by atoms with van der Waals surface area (Å²) in [5.41, 5.74) is 2.14. The van der Waals surface area contributed by atoms with Gasteiger partial charge >= 0.3 is 5.97 Å². The molecule has 1 amide bonds. The fourth-order valence-corrected chi connectivity index (χ4v) is 4.82. The molecule has 1 fully saturated rings. The van der Waals surface area contributed by atoms with Crippen LogP contribution in [0.5, 0.6) is 0 Å². The number of thioether (sulfide) groups is 1. The zero-order chi connectivity index (χ0) is 23.6. The van der Waals surface area contributed by atoms with Gasteiger partial charge in [-0.3, -0.25) is 9.59 Å². The number of aliphatic carboxylic acids is 1. The minimum atomic E-state index is -0.786. The number of carbonyl (C=O) groups is 2. The number of amides is 1. The Morgan fingerprint density at radius 2 is 2.00 bits per heavy atom. The second kappa shape index (κ2) is 12.6. The van der Waals surface area contributed by atoms with Gasteiger partial charge in [0, 0.05) is 37.1 Å². The number of likely N-dealkylation sites (tertiary alicyclic amines) is 1. The number of hydrogen-bond donors (Lipinski definition) is 2. The van der Waals surface area contributed by atoms with E-state index in [0.717, 1.165) is 29.1 Å². The Kier molecular flexibility index (Phi) is 9.51. The van der Waals surface area contributed by atoms with E-state index in [-0.39, 0.29) is 24.2 Å². The standard InChI is InChI=1S/C26H30FNO4S/c27-24-12-8-19(18-23(24)20-5-2-1-3-6-20)17-22(29)11-9-21-10-13-25(30)28(21)14-16-33-15-4-7-26(31)32/h1-3,5-6,8-9,11-12,18,21-22,29H,4,7,10,13-17H2,(H,31,32)/b11-9+/t21-,22+/m0/s1. The summed E-state index contributed by atoms with van der Waals surface area (Å²) < 4.78 is 14.3. The van der Waals surface area contributed by atoms with E-state index in [1.807, 2.05) is 41.3 Å². The average Bonchev–Trinajstić information content (AvgIpc) is 3.15. The molecule has 1 aliphatic heterocycles. The van der Waals surface area contributed by atoms with Crippen LogP contribution in [-0.4, -0.2) is 57.2 Å². The van der Waals surface area contributed by atoms with E-state index in [9.17, 15) is 19.1 Å². The summed E-state index contributed by atoms with van der Waals surface area (Å²) in [5, 5.41) is 19.2. The number of carboxylic acids is 1. The fraction of sp³-hybridized carbons (Fsp3) is 0.385. The predicted molar refractivity (Wildman–Crippen MR) is 130 cm³/mol. The van der Waals surface area contributed by atoms with Crippen LogP contribution in [0, 0.1) is 5.82 Å². The van der Waals surface area contributed by atoms with Crippen LogP contribution in [-0.2, 0) is 16.0 Å². The summed E-state index contributed by atoms with van der Waals surface area (Å²) in [6, 6.07) is 14.2. The van der Waals surface area contributed by atoms with Crippen LogP contribution in [0.4, 0.5) is 4.39 Å². The summed E-state index contributed by atoms with van der Waals surface area (Å²) in [4.78, 5) is 24.6. The molecule has 1 heterocycles. The van der Waals surface area contributed by atoms with E-state index in [1.54, 1.807) is 30.0 Å². The normalized spacial score (nSPS) is 17.1. The van der Waals surface area contributed by atoms with Crippen molar-refractivity contribution in [3.05, 3.63) is 72.1 Å². The van der Waals surface area contributed by atoms with Crippen LogP contribution in [0.2, 0.25) is 0 Å². The van der Waals surface area contributed by atoms with Gasteiger partial charge in [0.05, 0.1) is 12.1 Å². The summed E-state index contributed by atoms with van der Waals surface area (Å²) >= 11 is 1.65. The van der Waals surface area contributed by atoms with Gasteiger partial charge in [0.1, 0.15) is 5.82 Å². The van der Waals surface area contributed by atoms with Gasteiger partial charge in [-0.15, -0.1) is 0 Å². The number of carboxylic acid groups (broad SMARTS) is 1. The molecule has 3 rings (SSSR count). The fourth-order valence-electron chi connectivity index (χ4n) is 3.94. The third kappa shape index (κ3) is 7.72. The van der Waals surface area contributed by atoms with Gasteiger partial charge in [-0.1, -0.05) is 48.6 Å². The molecule has 0 bridgehead atoms. The maximum atomic E-state index is 14.3. The minimum absolute atomic E-state index is 0.0418. The lowest BCUT2D eigenvalue weighted by Crippen LogP contribution is -2.34. The number of hydrogen-bond acceptors (Lipinski definition) is 4. The quantitative estimate of drug-likeness (QED) is 0.351. The number of nitrogens with zero attached hydrogens (tertiary/aromatic N) is 1.